The Morgan fingerprint density at radius 2 is 1.85 bits per heavy atom. The van der Waals surface area contributed by atoms with Gasteiger partial charge in [-0.05, 0) is 29.8 Å². The van der Waals surface area contributed by atoms with Crippen LogP contribution in [0.25, 0.3) is 11.3 Å². The molecule has 13 heteroatoms. The molecule has 4 aromatic rings. The zero-order valence-corrected chi connectivity index (χ0v) is 18.4. The van der Waals surface area contributed by atoms with Crippen molar-refractivity contribution in [2.45, 2.75) is 13.2 Å². The SMILES string of the molecule is Nc1ccc(-c2cc(Cc3ccc(Oc4cccc(F)n4)cc3)no2)c(N)[n+]1COP(=O)(O)O. The predicted octanol–water partition coefficient (Wildman–Crippen LogP) is 2.78. The smallest absolute Gasteiger partial charge is 0.439 e. The van der Waals surface area contributed by atoms with E-state index < -0.39 is 20.5 Å². The van der Waals surface area contributed by atoms with Gasteiger partial charge >= 0.3 is 7.82 Å². The number of benzene rings is 1. The summed E-state index contributed by atoms with van der Waals surface area (Å²) in [4.78, 5) is 21.5. The van der Waals surface area contributed by atoms with Gasteiger partial charge in [-0.1, -0.05) is 23.4 Å². The number of hydrogen-bond donors (Lipinski definition) is 4. The number of anilines is 2. The molecular formula is C21H20FN5O6P+. The number of ether oxygens (including phenoxy) is 1. The second-order valence-electron chi connectivity index (χ2n) is 7.14. The summed E-state index contributed by atoms with van der Waals surface area (Å²) in [6.07, 6.45) is 0.443. The van der Waals surface area contributed by atoms with Gasteiger partial charge in [-0.2, -0.15) is 9.37 Å². The molecule has 0 aliphatic rings. The Kier molecular flexibility index (Phi) is 6.57. The molecule has 0 aliphatic heterocycles. The number of phosphoric acid groups is 1. The third-order valence-electron chi connectivity index (χ3n) is 4.70. The summed E-state index contributed by atoms with van der Waals surface area (Å²) >= 11 is 0. The number of nitrogens with zero attached hydrogens (tertiary/aromatic N) is 3. The monoisotopic (exact) mass is 488 g/mol. The first-order valence-electron chi connectivity index (χ1n) is 9.81. The van der Waals surface area contributed by atoms with Crippen LogP contribution in [0.5, 0.6) is 11.6 Å². The van der Waals surface area contributed by atoms with Crippen LogP contribution < -0.4 is 20.8 Å². The van der Waals surface area contributed by atoms with Crippen LogP contribution in [0.4, 0.5) is 16.0 Å². The number of nitrogens with two attached hydrogens (primary N) is 2. The molecule has 0 unspecified atom stereocenters. The van der Waals surface area contributed by atoms with Crippen LogP contribution in [0.3, 0.4) is 0 Å². The number of nitrogen functional groups attached to an aromatic ring is 2. The third-order valence-corrected chi connectivity index (χ3v) is 5.15. The van der Waals surface area contributed by atoms with E-state index in [4.69, 9.17) is 30.5 Å². The van der Waals surface area contributed by atoms with Gasteiger partial charge in [0, 0.05) is 24.6 Å². The summed E-state index contributed by atoms with van der Waals surface area (Å²) in [5.41, 5.74) is 13.9. The van der Waals surface area contributed by atoms with Crippen LogP contribution in [0.2, 0.25) is 0 Å². The molecule has 4 rings (SSSR count). The average Bonchev–Trinajstić information content (AvgIpc) is 3.22. The molecule has 0 spiro atoms. The number of rotatable bonds is 8. The molecule has 0 atom stereocenters. The first-order chi connectivity index (χ1) is 16.2. The van der Waals surface area contributed by atoms with Gasteiger partial charge < -0.3 is 30.5 Å². The molecule has 0 amide bonds. The fourth-order valence-electron chi connectivity index (χ4n) is 3.09. The quantitative estimate of drug-likeness (QED) is 0.164. The maximum atomic E-state index is 13.2. The number of hydrogen-bond acceptors (Lipinski definition) is 8. The minimum atomic E-state index is -4.72. The van der Waals surface area contributed by atoms with Crippen molar-refractivity contribution in [1.29, 1.82) is 0 Å². The van der Waals surface area contributed by atoms with E-state index in [2.05, 4.69) is 14.7 Å². The molecule has 0 saturated carbocycles. The van der Waals surface area contributed by atoms with Crippen molar-refractivity contribution < 1.29 is 37.1 Å². The van der Waals surface area contributed by atoms with Crippen molar-refractivity contribution >= 4 is 19.5 Å². The molecule has 3 aromatic heterocycles. The van der Waals surface area contributed by atoms with E-state index in [1.54, 1.807) is 30.3 Å². The van der Waals surface area contributed by atoms with Crippen LogP contribution >= 0.6 is 7.82 Å². The molecule has 6 N–H and O–H groups in total. The van der Waals surface area contributed by atoms with Crippen LogP contribution in [-0.4, -0.2) is 19.9 Å². The van der Waals surface area contributed by atoms with E-state index in [1.807, 2.05) is 12.1 Å². The van der Waals surface area contributed by atoms with Crippen LogP contribution in [0.15, 0.2) is 65.2 Å². The second-order valence-corrected chi connectivity index (χ2v) is 8.38. The molecule has 0 aliphatic carbocycles. The van der Waals surface area contributed by atoms with E-state index >= 15 is 0 Å². The Labute approximate surface area is 192 Å². The topological polar surface area (TPSA) is 171 Å². The summed E-state index contributed by atoms with van der Waals surface area (Å²) < 4.78 is 40.8. The lowest BCUT2D eigenvalue weighted by atomic mass is 10.1. The Bertz CT molecular complexity index is 1360. The Hall–Kier alpha value is -3.83. The van der Waals surface area contributed by atoms with Crippen LogP contribution in [-0.2, 0) is 22.2 Å². The maximum absolute atomic E-state index is 13.2. The van der Waals surface area contributed by atoms with Gasteiger partial charge in [0.1, 0.15) is 5.75 Å². The highest BCUT2D eigenvalue weighted by Crippen LogP contribution is 2.36. The Morgan fingerprint density at radius 1 is 1.09 bits per heavy atom. The Balaban J connectivity index is 1.47. The van der Waals surface area contributed by atoms with Crippen molar-refractivity contribution in [3.8, 4) is 23.0 Å². The molecule has 0 saturated heterocycles. The highest BCUT2D eigenvalue weighted by atomic mass is 31.2. The van der Waals surface area contributed by atoms with Gasteiger partial charge in [0.15, 0.2) is 12.5 Å². The molecule has 11 nitrogen and oxygen atoms in total. The fourth-order valence-corrected chi connectivity index (χ4v) is 3.35. The van der Waals surface area contributed by atoms with E-state index in [9.17, 15) is 8.96 Å². The van der Waals surface area contributed by atoms with Crippen molar-refractivity contribution in [3.63, 3.8) is 0 Å². The molecule has 34 heavy (non-hydrogen) atoms. The first-order valence-corrected chi connectivity index (χ1v) is 11.3. The van der Waals surface area contributed by atoms with Crippen LogP contribution in [0.1, 0.15) is 11.3 Å². The molecular weight excluding hydrogens is 468 g/mol. The molecule has 0 radical (unpaired) electrons. The highest BCUT2D eigenvalue weighted by Gasteiger charge is 2.22. The van der Waals surface area contributed by atoms with E-state index in [-0.39, 0.29) is 17.5 Å². The number of aromatic nitrogens is 3. The van der Waals surface area contributed by atoms with Crippen molar-refractivity contribution in [2.75, 3.05) is 11.5 Å². The number of phosphoric ester groups is 1. The number of halogens is 1. The molecule has 0 bridgehead atoms. The summed E-state index contributed by atoms with van der Waals surface area (Å²) in [5.74, 6) is 0.596. The minimum absolute atomic E-state index is 0.0867. The highest BCUT2D eigenvalue weighted by molar-refractivity contribution is 7.46. The van der Waals surface area contributed by atoms with Crippen molar-refractivity contribution in [3.05, 3.63) is 77.9 Å². The van der Waals surface area contributed by atoms with E-state index in [0.717, 1.165) is 5.56 Å². The zero-order valence-electron chi connectivity index (χ0n) is 17.5. The standard InChI is InChI=1S/C21H19FN5O6P/c22-18-2-1-3-20(25-18)32-15-6-4-13(5-7-15)10-14-11-17(33-26-14)16-8-9-19(23)27(21(16)24)12-31-34(28,29)30/h1-9,11H,10,12H2,(H5,23,24,26,28,29,30)/p+1. The lowest BCUT2D eigenvalue weighted by molar-refractivity contribution is -0.698. The van der Waals surface area contributed by atoms with Gasteiger partial charge in [-0.15, -0.1) is 0 Å². The fraction of sp³-hybridized carbons (Fsp3) is 0.0952. The predicted molar refractivity (Wildman–Crippen MR) is 118 cm³/mol. The lowest BCUT2D eigenvalue weighted by Gasteiger charge is -2.10. The zero-order chi connectivity index (χ0) is 24.3. The second kappa shape index (κ2) is 9.57. The van der Waals surface area contributed by atoms with Gasteiger partial charge in [-0.25, -0.2) is 9.13 Å². The lowest BCUT2D eigenvalue weighted by Crippen LogP contribution is -2.41. The average molecular weight is 488 g/mol. The minimum Gasteiger partial charge on any atom is -0.439 e. The van der Waals surface area contributed by atoms with Crippen LogP contribution in [0, 0.1) is 5.95 Å². The summed E-state index contributed by atoms with van der Waals surface area (Å²) in [6, 6.07) is 16.2. The van der Waals surface area contributed by atoms with Gasteiger partial charge in [0.25, 0.3) is 0 Å². The van der Waals surface area contributed by atoms with Crippen molar-refractivity contribution in [1.82, 2.24) is 10.1 Å². The van der Waals surface area contributed by atoms with Gasteiger partial charge in [0.2, 0.25) is 23.5 Å². The molecule has 176 valence electrons. The molecule has 3 heterocycles. The first kappa shape index (κ1) is 23.3. The van der Waals surface area contributed by atoms with Crippen molar-refractivity contribution in [2.24, 2.45) is 0 Å². The van der Waals surface area contributed by atoms with E-state index in [1.165, 1.54) is 22.8 Å². The maximum Gasteiger partial charge on any atom is 0.472 e. The number of pyridine rings is 2. The largest absolute Gasteiger partial charge is 0.472 e. The normalized spacial score (nSPS) is 11.5. The van der Waals surface area contributed by atoms with Gasteiger partial charge in [-0.3, -0.25) is 4.52 Å². The summed E-state index contributed by atoms with van der Waals surface area (Å²) in [7, 11) is -4.72. The van der Waals surface area contributed by atoms with Gasteiger partial charge in [0.05, 0.1) is 11.3 Å². The molecule has 1 aromatic carbocycles. The Morgan fingerprint density at radius 3 is 2.56 bits per heavy atom. The third kappa shape index (κ3) is 5.74. The molecule has 0 fully saturated rings. The summed E-state index contributed by atoms with van der Waals surface area (Å²) in [6.45, 7) is -0.545. The van der Waals surface area contributed by atoms with E-state index in [0.29, 0.717) is 29.2 Å². The summed E-state index contributed by atoms with van der Waals surface area (Å²) in [5, 5.41) is 4.06.